The Bertz CT molecular complexity index is 720. The van der Waals surface area contributed by atoms with Gasteiger partial charge in [0.2, 0.25) is 5.91 Å². The summed E-state index contributed by atoms with van der Waals surface area (Å²) in [4.78, 5) is 29.9. The highest BCUT2D eigenvalue weighted by Crippen LogP contribution is 2.37. The molecule has 158 valence electrons. The molecule has 6 heteroatoms. The smallest absolute Gasteiger partial charge is 0.254 e. The van der Waals surface area contributed by atoms with Gasteiger partial charge in [-0.1, -0.05) is 30.3 Å². The summed E-state index contributed by atoms with van der Waals surface area (Å²) in [6.45, 7) is 6.16. The lowest BCUT2D eigenvalue weighted by Gasteiger charge is -2.47. The van der Waals surface area contributed by atoms with E-state index in [1.165, 1.54) is 6.42 Å². The van der Waals surface area contributed by atoms with E-state index in [2.05, 4.69) is 0 Å². The number of hydrogen-bond acceptors (Lipinski definition) is 4. The first-order valence-corrected chi connectivity index (χ1v) is 10.9. The molecule has 1 aromatic rings. The Morgan fingerprint density at radius 3 is 2.45 bits per heavy atom. The van der Waals surface area contributed by atoms with Gasteiger partial charge in [-0.2, -0.15) is 0 Å². The molecule has 0 unspecified atom stereocenters. The van der Waals surface area contributed by atoms with Gasteiger partial charge in [0.1, 0.15) is 6.61 Å². The Kier molecular flexibility index (Phi) is 5.93. The van der Waals surface area contributed by atoms with Crippen LogP contribution in [0.4, 0.5) is 0 Å². The highest BCUT2D eigenvalue weighted by molar-refractivity contribution is 5.86. The Morgan fingerprint density at radius 2 is 1.83 bits per heavy atom. The molecule has 0 radical (unpaired) electrons. The van der Waals surface area contributed by atoms with Crippen LogP contribution in [0.25, 0.3) is 0 Å². The molecule has 3 fully saturated rings. The van der Waals surface area contributed by atoms with Gasteiger partial charge in [-0.15, -0.1) is 0 Å². The maximum atomic E-state index is 13.5. The molecule has 2 atom stereocenters. The van der Waals surface area contributed by atoms with E-state index in [-0.39, 0.29) is 30.1 Å². The molecule has 1 spiro atoms. The maximum absolute atomic E-state index is 13.5. The quantitative estimate of drug-likeness (QED) is 0.783. The molecule has 6 nitrogen and oxygen atoms in total. The van der Waals surface area contributed by atoms with Crippen LogP contribution >= 0.6 is 0 Å². The van der Waals surface area contributed by atoms with Crippen molar-refractivity contribution in [1.29, 1.82) is 0 Å². The van der Waals surface area contributed by atoms with E-state index in [1.807, 2.05) is 54.0 Å². The number of rotatable bonds is 3. The third-order valence-corrected chi connectivity index (χ3v) is 6.62. The zero-order valence-corrected chi connectivity index (χ0v) is 17.5. The lowest BCUT2D eigenvalue weighted by Crippen LogP contribution is -2.58. The molecular weight excluding hydrogens is 368 g/mol. The van der Waals surface area contributed by atoms with Gasteiger partial charge in [0.25, 0.3) is 5.91 Å². The van der Waals surface area contributed by atoms with E-state index in [0.717, 1.165) is 37.9 Å². The fourth-order valence-corrected chi connectivity index (χ4v) is 5.05. The summed E-state index contributed by atoms with van der Waals surface area (Å²) in [7, 11) is 0. The SMILES string of the molecule is CC(C)N1C(=O)CO[C@H](C(=O)N2CCC3(CCCCO3)CC2)[C@H]1c1ccccc1. The highest BCUT2D eigenvalue weighted by atomic mass is 16.5. The predicted octanol–water partition coefficient (Wildman–Crippen LogP) is 2.93. The molecule has 3 aliphatic heterocycles. The molecule has 3 heterocycles. The van der Waals surface area contributed by atoms with Crippen molar-refractivity contribution in [1.82, 2.24) is 9.80 Å². The van der Waals surface area contributed by atoms with Crippen LogP contribution in [0.3, 0.4) is 0 Å². The summed E-state index contributed by atoms with van der Waals surface area (Å²) in [5.41, 5.74) is 0.901. The number of likely N-dealkylation sites (tertiary alicyclic amines) is 1. The molecule has 2 amide bonds. The minimum atomic E-state index is -0.668. The summed E-state index contributed by atoms with van der Waals surface area (Å²) in [5.74, 6) is -0.0752. The summed E-state index contributed by atoms with van der Waals surface area (Å²) in [5, 5.41) is 0. The molecular formula is C23H32N2O4. The number of piperidine rings is 1. The number of carbonyl (C=O) groups excluding carboxylic acids is 2. The van der Waals surface area contributed by atoms with Crippen molar-refractivity contribution in [3.8, 4) is 0 Å². The van der Waals surface area contributed by atoms with Crippen LogP contribution in [0.1, 0.15) is 57.6 Å². The van der Waals surface area contributed by atoms with Gasteiger partial charge in [0, 0.05) is 25.7 Å². The molecule has 0 saturated carbocycles. The van der Waals surface area contributed by atoms with Gasteiger partial charge in [0.05, 0.1) is 11.6 Å². The molecule has 3 saturated heterocycles. The number of morpholine rings is 1. The Hall–Kier alpha value is -1.92. The van der Waals surface area contributed by atoms with Crippen LogP contribution < -0.4 is 0 Å². The second-order valence-corrected chi connectivity index (χ2v) is 8.80. The summed E-state index contributed by atoms with van der Waals surface area (Å²) >= 11 is 0. The minimum Gasteiger partial charge on any atom is -0.375 e. The van der Waals surface area contributed by atoms with Crippen LogP contribution in [-0.4, -0.2) is 65.7 Å². The average molecular weight is 401 g/mol. The van der Waals surface area contributed by atoms with Gasteiger partial charge in [-0.3, -0.25) is 9.59 Å². The molecule has 3 aliphatic rings. The monoisotopic (exact) mass is 400 g/mol. The number of amides is 2. The predicted molar refractivity (Wildman–Crippen MR) is 109 cm³/mol. The van der Waals surface area contributed by atoms with Crippen LogP contribution in [0.15, 0.2) is 30.3 Å². The molecule has 0 aromatic heterocycles. The first-order valence-electron chi connectivity index (χ1n) is 10.9. The second-order valence-electron chi connectivity index (χ2n) is 8.80. The average Bonchev–Trinajstić information content (AvgIpc) is 2.74. The lowest BCUT2D eigenvalue weighted by molar-refractivity contribution is -0.175. The number of nitrogens with zero attached hydrogens (tertiary/aromatic N) is 2. The van der Waals surface area contributed by atoms with Gasteiger partial charge in [0.15, 0.2) is 6.10 Å². The second kappa shape index (κ2) is 8.44. The summed E-state index contributed by atoms with van der Waals surface area (Å²) in [6.07, 6.45) is 4.54. The summed E-state index contributed by atoms with van der Waals surface area (Å²) in [6, 6.07) is 9.38. The van der Waals surface area contributed by atoms with E-state index < -0.39 is 12.1 Å². The van der Waals surface area contributed by atoms with Crippen molar-refractivity contribution in [2.75, 3.05) is 26.3 Å². The van der Waals surface area contributed by atoms with Crippen LogP contribution in [-0.2, 0) is 19.1 Å². The molecule has 0 N–H and O–H groups in total. The first kappa shape index (κ1) is 20.4. The fourth-order valence-electron chi connectivity index (χ4n) is 5.05. The van der Waals surface area contributed by atoms with E-state index in [0.29, 0.717) is 13.1 Å². The van der Waals surface area contributed by atoms with Gasteiger partial charge >= 0.3 is 0 Å². The summed E-state index contributed by atoms with van der Waals surface area (Å²) < 4.78 is 12.0. The van der Waals surface area contributed by atoms with Crippen molar-refractivity contribution >= 4 is 11.8 Å². The van der Waals surface area contributed by atoms with E-state index >= 15 is 0 Å². The third kappa shape index (κ3) is 4.05. The molecule has 29 heavy (non-hydrogen) atoms. The van der Waals surface area contributed by atoms with Crippen molar-refractivity contribution in [2.24, 2.45) is 0 Å². The lowest BCUT2D eigenvalue weighted by atomic mass is 9.84. The Balaban J connectivity index is 1.54. The molecule has 0 aliphatic carbocycles. The number of hydrogen-bond donors (Lipinski definition) is 0. The third-order valence-electron chi connectivity index (χ3n) is 6.62. The van der Waals surface area contributed by atoms with Crippen molar-refractivity contribution < 1.29 is 19.1 Å². The van der Waals surface area contributed by atoms with Gasteiger partial charge in [-0.25, -0.2) is 0 Å². The highest BCUT2D eigenvalue weighted by Gasteiger charge is 2.46. The number of benzene rings is 1. The zero-order valence-electron chi connectivity index (χ0n) is 17.5. The van der Waals surface area contributed by atoms with Crippen LogP contribution in [0, 0.1) is 0 Å². The van der Waals surface area contributed by atoms with Crippen molar-refractivity contribution in [3.63, 3.8) is 0 Å². The van der Waals surface area contributed by atoms with E-state index in [4.69, 9.17) is 9.47 Å². The van der Waals surface area contributed by atoms with Crippen molar-refractivity contribution in [2.45, 2.75) is 69.7 Å². The largest absolute Gasteiger partial charge is 0.375 e. The normalized spacial score (nSPS) is 27.5. The van der Waals surface area contributed by atoms with Crippen molar-refractivity contribution in [3.05, 3.63) is 35.9 Å². The fraction of sp³-hybridized carbons (Fsp3) is 0.652. The Labute approximate surface area is 173 Å². The minimum absolute atomic E-state index is 0.00725. The maximum Gasteiger partial charge on any atom is 0.254 e. The molecule has 1 aromatic carbocycles. The topological polar surface area (TPSA) is 59.1 Å². The van der Waals surface area contributed by atoms with Crippen LogP contribution in [0.5, 0.6) is 0 Å². The first-order chi connectivity index (χ1) is 14.0. The Morgan fingerprint density at radius 1 is 1.10 bits per heavy atom. The number of carbonyl (C=O) groups is 2. The van der Waals surface area contributed by atoms with Gasteiger partial charge in [-0.05, 0) is 51.5 Å². The van der Waals surface area contributed by atoms with Crippen LogP contribution in [0.2, 0.25) is 0 Å². The zero-order chi connectivity index (χ0) is 20.4. The molecule has 4 rings (SSSR count). The van der Waals surface area contributed by atoms with E-state index in [9.17, 15) is 9.59 Å². The number of ether oxygens (including phenoxy) is 2. The standard InChI is InChI=1S/C23H32N2O4/c1-17(2)25-19(26)16-28-21(20(25)18-8-4-3-5-9-18)22(27)24-13-11-23(12-14-24)10-6-7-15-29-23/h3-5,8-9,17,20-21H,6-7,10-16H2,1-2H3/t20-,21+/m1/s1. The molecule has 0 bridgehead atoms. The van der Waals surface area contributed by atoms with E-state index in [1.54, 1.807) is 0 Å². The van der Waals surface area contributed by atoms with Gasteiger partial charge < -0.3 is 19.3 Å².